The van der Waals surface area contributed by atoms with Crippen LogP contribution in [0.1, 0.15) is 42.2 Å². The molecule has 0 aromatic heterocycles. The molecule has 1 aromatic carbocycles. The van der Waals surface area contributed by atoms with Gasteiger partial charge in [-0.1, -0.05) is 18.2 Å². The van der Waals surface area contributed by atoms with E-state index >= 15 is 0 Å². The summed E-state index contributed by atoms with van der Waals surface area (Å²) in [5.41, 5.74) is 6.67. The lowest BCUT2D eigenvalue weighted by atomic mass is 10.0. The summed E-state index contributed by atoms with van der Waals surface area (Å²) < 4.78 is 5.12. The van der Waals surface area contributed by atoms with Crippen LogP contribution in [0.25, 0.3) is 0 Å². The van der Waals surface area contributed by atoms with Crippen LogP contribution in [-0.2, 0) is 20.8 Å². The summed E-state index contributed by atoms with van der Waals surface area (Å²) in [5.74, 6) is 0.103. The summed E-state index contributed by atoms with van der Waals surface area (Å²) in [6.07, 6.45) is 1.94. The van der Waals surface area contributed by atoms with E-state index in [9.17, 15) is 4.79 Å². The molecule has 1 amide bonds. The van der Waals surface area contributed by atoms with Gasteiger partial charge in [0, 0.05) is 13.7 Å². The summed E-state index contributed by atoms with van der Waals surface area (Å²) in [6.45, 7) is 3.26. The van der Waals surface area contributed by atoms with Crippen molar-refractivity contribution in [1.82, 2.24) is 26.3 Å². The summed E-state index contributed by atoms with van der Waals surface area (Å²) in [4.78, 5) is 20.3. The first-order chi connectivity index (χ1) is 13.1. The third-order valence-corrected chi connectivity index (χ3v) is 5.91. The lowest BCUT2D eigenvalue weighted by Gasteiger charge is -2.23. The number of hydrogen-bond acceptors (Lipinski definition) is 7. The highest BCUT2D eigenvalue weighted by molar-refractivity contribution is 5.83. The number of nitrogens with one attached hydrogen (secondary N) is 4. The van der Waals surface area contributed by atoms with Gasteiger partial charge in [-0.2, -0.15) is 5.48 Å². The topological polar surface area (TPSA) is 86.9 Å². The van der Waals surface area contributed by atoms with Crippen LogP contribution in [0.2, 0.25) is 0 Å². The molecule has 2 fully saturated rings. The number of methoxy groups -OCH3 is 1. The predicted molar refractivity (Wildman–Crippen MR) is 100 cm³/mol. The van der Waals surface area contributed by atoms with E-state index in [0.717, 1.165) is 18.4 Å². The Kier molecular flexibility index (Phi) is 5.45. The Morgan fingerprint density at radius 3 is 3.04 bits per heavy atom. The molecular weight excluding hydrogens is 346 g/mol. The molecule has 2 aliphatic heterocycles. The zero-order valence-corrected chi connectivity index (χ0v) is 16.1. The van der Waals surface area contributed by atoms with Crippen molar-refractivity contribution < 1.29 is 14.4 Å². The van der Waals surface area contributed by atoms with Crippen molar-refractivity contribution in [2.45, 2.75) is 50.4 Å². The number of rotatable bonds is 5. The third-order valence-electron chi connectivity index (χ3n) is 5.91. The number of benzene rings is 1. The molecule has 2 heterocycles. The first kappa shape index (κ1) is 18.8. The molecule has 1 aliphatic carbocycles. The van der Waals surface area contributed by atoms with E-state index in [1.807, 2.05) is 7.05 Å². The second kappa shape index (κ2) is 7.83. The summed E-state index contributed by atoms with van der Waals surface area (Å²) in [7, 11) is 3.65. The maximum atomic E-state index is 12.7. The van der Waals surface area contributed by atoms with E-state index < -0.39 is 0 Å². The normalized spacial score (nSPS) is 33.4. The second-order valence-electron chi connectivity index (χ2n) is 7.60. The number of likely N-dealkylation sites (N-methyl/N-ethyl adjacent to an activating group) is 1. The lowest BCUT2D eigenvalue weighted by Crippen LogP contribution is -2.45. The van der Waals surface area contributed by atoms with Crippen molar-refractivity contribution in [3.8, 4) is 0 Å². The number of amides is 1. The van der Waals surface area contributed by atoms with E-state index in [-0.39, 0.29) is 36.6 Å². The highest BCUT2D eigenvalue weighted by Crippen LogP contribution is 2.33. The molecule has 5 atom stereocenters. The van der Waals surface area contributed by atoms with Gasteiger partial charge in [0.25, 0.3) is 0 Å². The van der Waals surface area contributed by atoms with E-state index in [4.69, 9.17) is 9.57 Å². The molecule has 27 heavy (non-hydrogen) atoms. The quantitative estimate of drug-likeness (QED) is 0.582. The zero-order valence-electron chi connectivity index (χ0n) is 16.1. The van der Waals surface area contributed by atoms with Crippen LogP contribution < -0.4 is 21.4 Å². The van der Waals surface area contributed by atoms with Gasteiger partial charge < -0.3 is 10.1 Å². The van der Waals surface area contributed by atoms with Gasteiger partial charge in [0.15, 0.2) is 6.23 Å². The molecular formula is C19H29N5O3. The number of fused-ring (bicyclic) bond motifs is 1. The number of hydrogen-bond donors (Lipinski definition) is 4. The van der Waals surface area contributed by atoms with E-state index in [0.29, 0.717) is 13.2 Å². The number of carbonyl (C=O) groups excluding carboxylic acids is 1. The second-order valence-corrected chi connectivity index (χ2v) is 7.60. The Balaban J connectivity index is 1.40. The Labute approximate surface area is 159 Å². The first-order valence-electron chi connectivity index (χ1n) is 9.61. The van der Waals surface area contributed by atoms with Crippen molar-refractivity contribution in [2.75, 3.05) is 27.3 Å². The van der Waals surface area contributed by atoms with Gasteiger partial charge in [0.2, 0.25) is 5.91 Å². The van der Waals surface area contributed by atoms with E-state index in [1.54, 1.807) is 7.11 Å². The number of aryl methyl sites for hydroxylation is 1. The molecule has 0 radical (unpaired) electrons. The number of carbonyl (C=O) groups is 1. The minimum absolute atomic E-state index is 0.0520. The molecule has 8 nitrogen and oxygen atoms in total. The highest BCUT2D eigenvalue weighted by atomic mass is 16.7. The third kappa shape index (κ3) is 3.73. The molecule has 1 aromatic rings. The Morgan fingerprint density at radius 2 is 2.30 bits per heavy atom. The van der Waals surface area contributed by atoms with E-state index in [1.165, 1.54) is 11.1 Å². The van der Waals surface area contributed by atoms with Crippen molar-refractivity contribution >= 4 is 5.91 Å². The zero-order chi connectivity index (χ0) is 19.0. The van der Waals surface area contributed by atoms with Crippen LogP contribution >= 0.6 is 0 Å². The minimum Gasteiger partial charge on any atom is -0.380 e. The average molecular weight is 375 g/mol. The SMILES string of the molecule is COCC1NC(c2ccc3c(c2)CC[C@H]3NC(=O)C2CNC(C)N2C)NO1. The first-order valence-corrected chi connectivity index (χ1v) is 9.61. The van der Waals surface area contributed by atoms with Gasteiger partial charge in [-0.15, -0.1) is 0 Å². The molecule has 4 unspecified atom stereocenters. The maximum Gasteiger partial charge on any atom is 0.239 e. The van der Waals surface area contributed by atoms with Gasteiger partial charge in [-0.3, -0.25) is 25.2 Å². The molecule has 4 rings (SSSR count). The molecule has 0 spiro atoms. The molecule has 8 heteroatoms. The Bertz CT molecular complexity index is 700. The Morgan fingerprint density at radius 1 is 1.44 bits per heavy atom. The maximum absolute atomic E-state index is 12.7. The fourth-order valence-electron chi connectivity index (χ4n) is 4.15. The minimum atomic E-state index is -0.153. The van der Waals surface area contributed by atoms with Gasteiger partial charge in [-0.25, -0.2) is 0 Å². The van der Waals surface area contributed by atoms with Crippen LogP contribution in [0.4, 0.5) is 0 Å². The molecule has 148 valence electrons. The smallest absolute Gasteiger partial charge is 0.239 e. The largest absolute Gasteiger partial charge is 0.380 e. The fraction of sp³-hybridized carbons (Fsp3) is 0.632. The standard InChI is InChI=1S/C19H29N5O3/c1-11-20-9-16(24(11)2)19(25)21-15-7-5-12-8-13(4-6-14(12)15)18-22-17(10-26-3)27-23-18/h4,6,8,11,15-18,20,22-23H,5,7,9-10H2,1-3H3,(H,21,25)/t11?,15-,16?,17?,18?/m1/s1. The van der Waals surface area contributed by atoms with Crippen molar-refractivity contribution in [1.29, 1.82) is 0 Å². The summed E-state index contributed by atoms with van der Waals surface area (Å²) in [5, 5.41) is 9.92. The van der Waals surface area contributed by atoms with Gasteiger partial charge in [0.1, 0.15) is 12.2 Å². The lowest BCUT2D eigenvalue weighted by molar-refractivity contribution is -0.125. The van der Waals surface area contributed by atoms with Crippen LogP contribution in [0.5, 0.6) is 0 Å². The summed E-state index contributed by atoms with van der Waals surface area (Å²) >= 11 is 0. The number of hydroxylamine groups is 1. The molecule has 4 N–H and O–H groups in total. The number of nitrogens with zero attached hydrogens (tertiary/aromatic N) is 1. The highest BCUT2D eigenvalue weighted by Gasteiger charge is 2.35. The van der Waals surface area contributed by atoms with Crippen LogP contribution in [-0.4, -0.2) is 56.6 Å². The Hall–Kier alpha value is -1.55. The van der Waals surface area contributed by atoms with Gasteiger partial charge >= 0.3 is 0 Å². The van der Waals surface area contributed by atoms with Crippen LogP contribution in [0, 0.1) is 0 Å². The molecule has 0 bridgehead atoms. The molecule has 0 saturated carbocycles. The number of ether oxygens (including phenoxy) is 1. The van der Waals surface area contributed by atoms with Gasteiger partial charge in [0.05, 0.1) is 18.8 Å². The van der Waals surface area contributed by atoms with Gasteiger partial charge in [-0.05, 0) is 43.5 Å². The van der Waals surface area contributed by atoms with E-state index in [2.05, 4.69) is 51.5 Å². The molecule has 2 saturated heterocycles. The van der Waals surface area contributed by atoms with Crippen molar-refractivity contribution in [2.24, 2.45) is 0 Å². The average Bonchev–Trinajstić information content (AvgIpc) is 3.36. The van der Waals surface area contributed by atoms with Crippen LogP contribution in [0.15, 0.2) is 18.2 Å². The predicted octanol–water partition coefficient (Wildman–Crippen LogP) is 0.135. The monoisotopic (exact) mass is 375 g/mol. The molecule has 3 aliphatic rings. The van der Waals surface area contributed by atoms with Crippen molar-refractivity contribution in [3.05, 3.63) is 34.9 Å². The van der Waals surface area contributed by atoms with Crippen molar-refractivity contribution in [3.63, 3.8) is 0 Å². The summed E-state index contributed by atoms with van der Waals surface area (Å²) in [6, 6.07) is 6.42. The fourth-order valence-corrected chi connectivity index (χ4v) is 4.15. The van der Waals surface area contributed by atoms with Crippen LogP contribution in [0.3, 0.4) is 0 Å².